The predicted octanol–water partition coefficient (Wildman–Crippen LogP) is 3.35. The van der Waals surface area contributed by atoms with Crippen molar-refractivity contribution in [3.05, 3.63) is 65.2 Å². The Labute approximate surface area is 168 Å². The molecule has 2 rings (SSSR count). The number of hydrogen-bond acceptors (Lipinski definition) is 5. The standard InChI is InChI=1S/C22H22N2O5/c1-14-6-4-5-7-17(14)8-11-22(28)29-13-21(27)19-10-9-18(23-15(2)25)12-20(19)24-16(3)26/h4-12H,13H2,1-3H3,(H,23,25)(H,24,26)/b11-8+. The number of nitrogens with one attached hydrogen (secondary N) is 2. The molecule has 0 aliphatic carbocycles. The minimum Gasteiger partial charge on any atom is -0.454 e. The zero-order valence-corrected chi connectivity index (χ0v) is 16.4. The average molecular weight is 394 g/mol. The Morgan fingerprint density at radius 2 is 1.66 bits per heavy atom. The van der Waals surface area contributed by atoms with Gasteiger partial charge in [0.25, 0.3) is 0 Å². The largest absolute Gasteiger partial charge is 0.454 e. The highest BCUT2D eigenvalue weighted by Gasteiger charge is 2.15. The molecular formula is C22H22N2O5. The number of amides is 2. The summed E-state index contributed by atoms with van der Waals surface area (Å²) < 4.78 is 5.02. The fourth-order valence-electron chi connectivity index (χ4n) is 2.56. The topological polar surface area (TPSA) is 102 Å². The van der Waals surface area contributed by atoms with Crippen LogP contribution >= 0.6 is 0 Å². The van der Waals surface area contributed by atoms with E-state index in [4.69, 9.17) is 4.74 Å². The van der Waals surface area contributed by atoms with Crippen LogP contribution in [0.5, 0.6) is 0 Å². The highest BCUT2D eigenvalue weighted by molar-refractivity contribution is 6.07. The number of anilines is 2. The molecule has 0 aromatic heterocycles. The van der Waals surface area contributed by atoms with E-state index in [0.717, 1.165) is 11.1 Å². The molecule has 0 atom stereocenters. The van der Waals surface area contributed by atoms with Crippen LogP contribution in [0.15, 0.2) is 48.5 Å². The lowest BCUT2D eigenvalue weighted by Crippen LogP contribution is -2.17. The molecule has 2 N–H and O–H groups in total. The molecule has 150 valence electrons. The number of carbonyl (C=O) groups excluding carboxylic acids is 4. The maximum Gasteiger partial charge on any atom is 0.331 e. The van der Waals surface area contributed by atoms with Crippen molar-refractivity contribution in [1.29, 1.82) is 0 Å². The van der Waals surface area contributed by atoms with Gasteiger partial charge >= 0.3 is 5.97 Å². The number of benzene rings is 2. The number of ketones is 1. The summed E-state index contributed by atoms with van der Waals surface area (Å²) in [7, 11) is 0. The van der Waals surface area contributed by atoms with Crippen LogP contribution in [0.1, 0.15) is 35.3 Å². The summed E-state index contributed by atoms with van der Waals surface area (Å²) in [5.74, 6) is -1.80. The number of Topliss-reactive ketones (excluding diaryl/α,β-unsaturated/α-hetero) is 1. The lowest BCUT2D eigenvalue weighted by Gasteiger charge is -2.12. The number of ether oxygens (including phenoxy) is 1. The van der Waals surface area contributed by atoms with E-state index in [1.807, 2.05) is 31.2 Å². The predicted molar refractivity (Wildman–Crippen MR) is 111 cm³/mol. The molecule has 0 unspecified atom stereocenters. The van der Waals surface area contributed by atoms with E-state index in [-0.39, 0.29) is 23.1 Å². The molecule has 7 nitrogen and oxygen atoms in total. The second kappa shape index (κ2) is 9.98. The van der Waals surface area contributed by atoms with Crippen molar-refractivity contribution in [1.82, 2.24) is 0 Å². The van der Waals surface area contributed by atoms with Crippen molar-refractivity contribution >= 4 is 41.0 Å². The van der Waals surface area contributed by atoms with Crippen molar-refractivity contribution in [2.75, 3.05) is 17.2 Å². The molecule has 0 fully saturated rings. The van der Waals surface area contributed by atoms with Gasteiger partial charge in [0, 0.05) is 31.2 Å². The Bertz CT molecular complexity index is 979. The van der Waals surface area contributed by atoms with Gasteiger partial charge in [-0.1, -0.05) is 24.3 Å². The van der Waals surface area contributed by atoms with Gasteiger partial charge in [0.15, 0.2) is 6.61 Å². The summed E-state index contributed by atoms with van der Waals surface area (Å²) in [4.78, 5) is 47.0. The first kappa shape index (κ1) is 21.6. The van der Waals surface area contributed by atoms with Gasteiger partial charge in [0.1, 0.15) is 0 Å². The third-order valence-electron chi connectivity index (χ3n) is 3.88. The Balaban J connectivity index is 2.07. The molecule has 0 heterocycles. The molecule has 2 aromatic rings. The Morgan fingerprint density at radius 3 is 2.31 bits per heavy atom. The van der Waals surface area contributed by atoms with Crippen molar-refractivity contribution < 1.29 is 23.9 Å². The van der Waals surface area contributed by atoms with Crippen LogP contribution in [0.4, 0.5) is 11.4 Å². The first-order chi connectivity index (χ1) is 13.8. The first-order valence-electron chi connectivity index (χ1n) is 8.89. The quantitative estimate of drug-likeness (QED) is 0.426. The summed E-state index contributed by atoms with van der Waals surface area (Å²) >= 11 is 0. The molecule has 0 saturated heterocycles. The van der Waals surface area contributed by atoms with Crippen molar-refractivity contribution in [3.8, 4) is 0 Å². The fourth-order valence-corrected chi connectivity index (χ4v) is 2.56. The van der Waals surface area contributed by atoms with Gasteiger partial charge in [-0.15, -0.1) is 0 Å². The second-order valence-electron chi connectivity index (χ2n) is 6.34. The third kappa shape index (κ3) is 6.73. The SMILES string of the molecule is CC(=O)Nc1ccc(C(=O)COC(=O)/C=C/c2ccccc2C)c(NC(C)=O)c1. The van der Waals surface area contributed by atoms with Gasteiger partial charge in [0.2, 0.25) is 17.6 Å². The third-order valence-corrected chi connectivity index (χ3v) is 3.88. The van der Waals surface area contributed by atoms with Gasteiger partial charge in [0.05, 0.1) is 5.69 Å². The summed E-state index contributed by atoms with van der Waals surface area (Å²) in [5.41, 5.74) is 2.70. The molecule has 0 saturated carbocycles. The van der Waals surface area contributed by atoms with E-state index >= 15 is 0 Å². The zero-order chi connectivity index (χ0) is 21.4. The number of hydrogen-bond donors (Lipinski definition) is 2. The van der Waals surface area contributed by atoms with E-state index in [1.54, 1.807) is 6.08 Å². The molecule has 0 aliphatic rings. The van der Waals surface area contributed by atoms with Gasteiger partial charge in [-0.25, -0.2) is 4.79 Å². The van der Waals surface area contributed by atoms with Gasteiger partial charge in [-0.2, -0.15) is 0 Å². The van der Waals surface area contributed by atoms with Crippen LogP contribution in [0.3, 0.4) is 0 Å². The zero-order valence-electron chi connectivity index (χ0n) is 16.4. The van der Waals surface area contributed by atoms with Crippen molar-refractivity contribution in [2.24, 2.45) is 0 Å². The van der Waals surface area contributed by atoms with Crippen molar-refractivity contribution in [3.63, 3.8) is 0 Å². The molecule has 0 radical (unpaired) electrons. The van der Waals surface area contributed by atoms with E-state index in [0.29, 0.717) is 5.69 Å². The molecule has 0 bridgehead atoms. The number of rotatable bonds is 7. The van der Waals surface area contributed by atoms with Gasteiger partial charge in [-0.3, -0.25) is 14.4 Å². The normalized spacial score (nSPS) is 10.4. The minimum atomic E-state index is -0.655. The van der Waals surface area contributed by atoms with E-state index in [2.05, 4.69) is 10.6 Å². The highest BCUT2D eigenvalue weighted by atomic mass is 16.5. The van der Waals surface area contributed by atoms with E-state index in [9.17, 15) is 19.2 Å². The summed E-state index contributed by atoms with van der Waals surface area (Å²) in [6.45, 7) is 4.09. The second-order valence-corrected chi connectivity index (χ2v) is 6.34. The van der Waals surface area contributed by atoms with Crippen LogP contribution in [-0.4, -0.2) is 30.2 Å². The molecule has 29 heavy (non-hydrogen) atoms. The lowest BCUT2D eigenvalue weighted by atomic mass is 10.1. The van der Waals surface area contributed by atoms with Crippen molar-refractivity contribution in [2.45, 2.75) is 20.8 Å². The number of aryl methyl sites for hydroxylation is 1. The maximum absolute atomic E-state index is 12.5. The van der Waals surface area contributed by atoms with Gasteiger partial charge in [-0.05, 0) is 42.3 Å². The minimum absolute atomic E-state index is 0.171. The summed E-state index contributed by atoms with van der Waals surface area (Å²) in [5, 5.41) is 5.12. The maximum atomic E-state index is 12.5. The first-order valence-corrected chi connectivity index (χ1v) is 8.89. The molecule has 0 aliphatic heterocycles. The number of esters is 1. The monoisotopic (exact) mass is 394 g/mol. The van der Waals surface area contributed by atoms with E-state index < -0.39 is 18.4 Å². The average Bonchev–Trinajstić information content (AvgIpc) is 2.64. The lowest BCUT2D eigenvalue weighted by molar-refractivity contribution is -0.136. The molecule has 7 heteroatoms. The summed E-state index contributed by atoms with van der Waals surface area (Å²) in [6, 6.07) is 12.0. The molecule has 2 amide bonds. The molecule has 2 aromatic carbocycles. The molecular weight excluding hydrogens is 372 g/mol. The van der Waals surface area contributed by atoms with Crippen LogP contribution < -0.4 is 10.6 Å². The summed E-state index contributed by atoms with van der Waals surface area (Å²) in [6.07, 6.45) is 2.87. The van der Waals surface area contributed by atoms with Crippen LogP contribution in [0.25, 0.3) is 6.08 Å². The Morgan fingerprint density at radius 1 is 0.966 bits per heavy atom. The smallest absolute Gasteiger partial charge is 0.331 e. The fraction of sp³-hybridized carbons (Fsp3) is 0.182. The van der Waals surface area contributed by atoms with E-state index in [1.165, 1.54) is 38.1 Å². The number of carbonyl (C=O) groups is 4. The molecule has 0 spiro atoms. The van der Waals surface area contributed by atoms with Crippen LogP contribution in [0.2, 0.25) is 0 Å². The Hall–Kier alpha value is -3.74. The van der Waals surface area contributed by atoms with Gasteiger partial charge < -0.3 is 15.4 Å². The Kier molecular flexibility index (Phi) is 7.42. The van der Waals surface area contributed by atoms with Crippen LogP contribution in [0, 0.1) is 6.92 Å². The highest BCUT2D eigenvalue weighted by Crippen LogP contribution is 2.22. The van der Waals surface area contributed by atoms with Crippen LogP contribution in [-0.2, 0) is 19.1 Å².